The van der Waals surface area contributed by atoms with Crippen LogP contribution in [-0.2, 0) is 14.4 Å². The van der Waals surface area contributed by atoms with Gasteiger partial charge in [0.2, 0.25) is 17.7 Å². The number of hydrogen-bond acceptors (Lipinski definition) is 4. The van der Waals surface area contributed by atoms with E-state index in [1.807, 2.05) is 6.92 Å². The van der Waals surface area contributed by atoms with Gasteiger partial charge in [0.15, 0.2) is 0 Å². The lowest BCUT2D eigenvalue weighted by Gasteiger charge is -2.30. The molecule has 1 aliphatic carbocycles. The molecule has 1 heterocycles. The van der Waals surface area contributed by atoms with Crippen LogP contribution in [0.5, 0.6) is 0 Å². The maximum Gasteiger partial charge on any atom is 0.242 e. The molecule has 1 aliphatic heterocycles. The van der Waals surface area contributed by atoms with E-state index in [2.05, 4.69) is 17.9 Å². The SMILES string of the molecule is CCNC(=O)C1CCC(CN2C(=O)CC(S)C2=O)CC1. The second-order valence-corrected chi connectivity index (χ2v) is 6.30. The van der Waals surface area contributed by atoms with Crippen LogP contribution < -0.4 is 5.32 Å². The molecule has 1 saturated carbocycles. The van der Waals surface area contributed by atoms with E-state index in [1.165, 1.54) is 4.90 Å². The van der Waals surface area contributed by atoms with E-state index in [9.17, 15) is 14.4 Å². The van der Waals surface area contributed by atoms with Gasteiger partial charge in [0.1, 0.15) is 0 Å². The average molecular weight is 298 g/mol. The number of likely N-dealkylation sites (tertiary alicyclic amines) is 1. The molecule has 0 aromatic heterocycles. The first-order valence-electron chi connectivity index (χ1n) is 7.33. The van der Waals surface area contributed by atoms with Crippen LogP contribution in [0.15, 0.2) is 0 Å². The van der Waals surface area contributed by atoms with Crippen molar-refractivity contribution in [3.05, 3.63) is 0 Å². The highest BCUT2D eigenvalue weighted by Gasteiger charge is 2.38. The van der Waals surface area contributed by atoms with E-state index >= 15 is 0 Å². The minimum Gasteiger partial charge on any atom is -0.356 e. The zero-order valence-corrected chi connectivity index (χ0v) is 12.7. The number of rotatable bonds is 4. The predicted molar refractivity (Wildman–Crippen MR) is 78.2 cm³/mol. The van der Waals surface area contributed by atoms with Crippen molar-refractivity contribution in [3.8, 4) is 0 Å². The zero-order chi connectivity index (χ0) is 14.7. The van der Waals surface area contributed by atoms with E-state index in [0.29, 0.717) is 19.0 Å². The Bertz CT molecular complexity index is 405. The molecule has 0 aromatic carbocycles. The van der Waals surface area contributed by atoms with Gasteiger partial charge in [-0.25, -0.2) is 0 Å². The number of nitrogens with zero attached hydrogens (tertiary/aromatic N) is 1. The second kappa shape index (κ2) is 6.61. The first-order chi connectivity index (χ1) is 9.52. The number of hydrogen-bond donors (Lipinski definition) is 2. The number of nitrogens with one attached hydrogen (secondary N) is 1. The number of thiol groups is 1. The van der Waals surface area contributed by atoms with Crippen molar-refractivity contribution in [2.75, 3.05) is 13.1 Å². The van der Waals surface area contributed by atoms with Crippen molar-refractivity contribution < 1.29 is 14.4 Å². The Morgan fingerprint density at radius 3 is 2.45 bits per heavy atom. The predicted octanol–water partition coefficient (Wildman–Crippen LogP) is 0.986. The maximum atomic E-state index is 11.8. The van der Waals surface area contributed by atoms with Gasteiger partial charge in [-0.3, -0.25) is 19.3 Å². The van der Waals surface area contributed by atoms with Gasteiger partial charge in [-0.2, -0.15) is 12.6 Å². The van der Waals surface area contributed by atoms with E-state index in [1.54, 1.807) is 0 Å². The van der Waals surface area contributed by atoms with Crippen molar-refractivity contribution in [2.24, 2.45) is 11.8 Å². The first kappa shape index (κ1) is 15.4. The summed E-state index contributed by atoms with van der Waals surface area (Å²) < 4.78 is 0. The monoisotopic (exact) mass is 298 g/mol. The van der Waals surface area contributed by atoms with Crippen LogP contribution in [0.25, 0.3) is 0 Å². The molecule has 20 heavy (non-hydrogen) atoms. The van der Waals surface area contributed by atoms with Gasteiger partial charge in [0.25, 0.3) is 0 Å². The second-order valence-electron chi connectivity index (χ2n) is 5.67. The Hall–Kier alpha value is -1.04. The van der Waals surface area contributed by atoms with Crippen LogP contribution >= 0.6 is 12.6 Å². The van der Waals surface area contributed by atoms with Gasteiger partial charge in [0.05, 0.1) is 5.25 Å². The normalized spacial score (nSPS) is 30.7. The Balaban J connectivity index is 1.81. The standard InChI is InChI=1S/C14H22N2O3S/c1-2-15-13(18)10-5-3-9(4-6-10)8-16-12(17)7-11(20)14(16)19/h9-11,20H,2-8H2,1H3,(H,15,18). The molecule has 1 unspecified atom stereocenters. The van der Waals surface area contributed by atoms with Crippen LogP contribution in [0.1, 0.15) is 39.0 Å². The summed E-state index contributed by atoms with van der Waals surface area (Å²) in [6, 6.07) is 0. The third-order valence-electron chi connectivity index (χ3n) is 4.23. The van der Waals surface area contributed by atoms with E-state index in [-0.39, 0.29) is 30.1 Å². The molecule has 2 rings (SSSR count). The Morgan fingerprint density at radius 2 is 1.95 bits per heavy atom. The summed E-state index contributed by atoms with van der Waals surface area (Å²) in [7, 11) is 0. The summed E-state index contributed by atoms with van der Waals surface area (Å²) in [6.45, 7) is 3.08. The Labute approximate surface area is 124 Å². The van der Waals surface area contributed by atoms with Gasteiger partial charge in [-0.1, -0.05) is 0 Å². The molecule has 0 aromatic rings. The molecule has 6 heteroatoms. The molecule has 2 aliphatic rings. The van der Waals surface area contributed by atoms with Crippen molar-refractivity contribution in [2.45, 2.75) is 44.3 Å². The Morgan fingerprint density at radius 1 is 1.30 bits per heavy atom. The van der Waals surface area contributed by atoms with Crippen molar-refractivity contribution in [1.29, 1.82) is 0 Å². The van der Waals surface area contributed by atoms with Crippen molar-refractivity contribution >= 4 is 30.4 Å². The van der Waals surface area contributed by atoms with E-state index in [4.69, 9.17) is 0 Å². The summed E-state index contributed by atoms with van der Waals surface area (Å²) in [5.74, 6) is 0.278. The molecule has 1 atom stereocenters. The minimum absolute atomic E-state index is 0.0915. The minimum atomic E-state index is -0.464. The maximum absolute atomic E-state index is 11.8. The number of amides is 3. The number of carbonyl (C=O) groups excluding carboxylic acids is 3. The largest absolute Gasteiger partial charge is 0.356 e. The number of imide groups is 1. The molecule has 0 spiro atoms. The molecule has 2 fully saturated rings. The topological polar surface area (TPSA) is 66.5 Å². The highest BCUT2D eigenvalue weighted by molar-refractivity contribution is 7.81. The molecule has 3 amide bonds. The highest BCUT2D eigenvalue weighted by atomic mass is 32.1. The van der Waals surface area contributed by atoms with Gasteiger partial charge in [0, 0.05) is 25.4 Å². The summed E-state index contributed by atoms with van der Waals surface area (Å²) in [4.78, 5) is 36.6. The van der Waals surface area contributed by atoms with E-state index < -0.39 is 5.25 Å². The van der Waals surface area contributed by atoms with Gasteiger partial charge in [-0.05, 0) is 38.5 Å². The van der Waals surface area contributed by atoms with E-state index in [0.717, 1.165) is 25.7 Å². The molecule has 0 bridgehead atoms. The van der Waals surface area contributed by atoms with Crippen molar-refractivity contribution in [1.82, 2.24) is 10.2 Å². The lowest BCUT2D eigenvalue weighted by atomic mass is 9.81. The fourth-order valence-electron chi connectivity index (χ4n) is 3.04. The van der Waals surface area contributed by atoms with Crippen LogP contribution in [0.3, 0.4) is 0 Å². The van der Waals surface area contributed by atoms with Crippen LogP contribution in [0, 0.1) is 11.8 Å². The lowest BCUT2D eigenvalue weighted by Crippen LogP contribution is -2.38. The summed E-state index contributed by atoms with van der Waals surface area (Å²) in [5, 5.41) is 2.39. The molecule has 0 radical (unpaired) electrons. The van der Waals surface area contributed by atoms with Gasteiger partial charge in [-0.15, -0.1) is 0 Å². The van der Waals surface area contributed by atoms with Gasteiger partial charge >= 0.3 is 0 Å². The quantitative estimate of drug-likeness (QED) is 0.601. The molecule has 1 N–H and O–H groups in total. The molecular weight excluding hydrogens is 276 g/mol. The summed E-state index contributed by atoms with van der Waals surface area (Å²) >= 11 is 4.12. The highest BCUT2D eigenvalue weighted by Crippen LogP contribution is 2.31. The third kappa shape index (κ3) is 3.34. The van der Waals surface area contributed by atoms with Crippen LogP contribution in [0.4, 0.5) is 0 Å². The molecule has 5 nitrogen and oxygen atoms in total. The average Bonchev–Trinajstić information content (AvgIpc) is 2.66. The number of carbonyl (C=O) groups is 3. The van der Waals surface area contributed by atoms with Crippen LogP contribution in [0.2, 0.25) is 0 Å². The van der Waals surface area contributed by atoms with Gasteiger partial charge < -0.3 is 5.32 Å². The summed E-state index contributed by atoms with van der Waals surface area (Å²) in [6.07, 6.45) is 3.70. The molecule has 1 saturated heterocycles. The molecule has 112 valence electrons. The first-order valence-corrected chi connectivity index (χ1v) is 7.84. The lowest BCUT2D eigenvalue weighted by molar-refractivity contribution is -0.139. The Kier molecular flexibility index (Phi) is 5.07. The van der Waals surface area contributed by atoms with Crippen molar-refractivity contribution in [3.63, 3.8) is 0 Å². The fraction of sp³-hybridized carbons (Fsp3) is 0.786. The summed E-state index contributed by atoms with van der Waals surface area (Å²) in [5.41, 5.74) is 0. The third-order valence-corrected chi connectivity index (χ3v) is 4.63. The molecular formula is C14H22N2O3S. The smallest absolute Gasteiger partial charge is 0.242 e. The fourth-order valence-corrected chi connectivity index (χ4v) is 3.34. The van der Waals surface area contributed by atoms with Crippen LogP contribution in [-0.4, -0.2) is 41.0 Å². The zero-order valence-electron chi connectivity index (χ0n) is 11.8.